The zero-order chi connectivity index (χ0) is 20.0. The zero-order valence-electron chi connectivity index (χ0n) is 16.2. The molecule has 1 amide bonds. The lowest BCUT2D eigenvalue weighted by Crippen LogP contribution is -2.48. The van der Waals surface area contributed by atoms with Gasteiger partial charge in [0, 0.05) is 5.56 Å². The molecule has 0 radical (unpaired) electrons. The fourth-order valence-corrected chi connectivity index (χ4v) is 3.06. The van der Waals surface area contributed by atoms with Crippen LogP contribution in [0.3, 0.4) is 0 Å². The molecule has 1 unspecified atom stereocenters. The average molecular weight is 371 g/mol. The minimum Gasteiger partial charge on any atom is -0.496 e. The van der Waals surface area contributed by atoms with E-state index in [1.165, 1.54) is 14.2 Å². The van der Waals surface area contributed by atoms with Gasteiger partial charge in [-0.2, -0.15) is 0 Å². The average Bonchev–Trinajstić information content (AvgIpc) is 2.63. The number of methoxy groups -OCH3 is 2. The third-order valence-corrected chi connectivity index (χ3v) is 4.51. The first-order valence-corrected chi connectivity index (χ1v) is 8.77. The third-order valence-electron chi connectivity index (χ3n) is 4.51. The van der Waals surface area contributed by atoms with Crippen molar-refractivity contribution in [2.75, 3.05) is 14.2 Å². The summed E-state index contributed by atoms with van der Waals surface area (Å²) in [5, 5.41) is 22.2. The number of nitrogens with one attached hydrogen (secondary N) is 1. The van der Waals surface area contributed by atoms with Gasteiger partial charge in [-0.1, -0.05) is 29.8 Å². The van der Waals surface area contributed by atoms with E-state index in [1.54, 1.807) is 18.2 Å². The molecule has 6 nitrogen and oxygen atoms in total. The molecule has 2 rings (SSSR count). The third kappa shape index (κ3) is 5.48. The van der Waals surface area contributed by atoms with Crippen molar-refractivity contribution >= 4 is 13.0 Å². The van der Waals surface area contributed by atoms with Gasteiger partial charge in [0.1, 0.15) is 11.5 Å². The maximum Gasteiger partial charge on any atom is 0.475 e. The van der Waals surface area contributed by atoms with Gasteiger partial charge in [-0.05, 0) is 43.5 Å². The molecule has 0 aliphatic heterocycles. The molecule has 7 heteroatoms. The number of hydrogen-bond donors (Lipinski definition) is 3. The predicted octanol–water partition coefficient (Wildman–Crippen LogP) is 1.60. The molecule has 1 atom stereocenters. The van der Waals surface area contributed by atoms with E-state index in [4.69, 9.17) is 9.47 Å². The van der Waals surface area contributed by atoms with Crippen molar-refractivity contribution in [2.45, 2.75) is 32.6 Å². The van der Waals surface area contributed by atoms with Gasteiger partial charge < -0.3 is 24.8 Å². The Balaban J connectivity index is 2.14. The van der Waals surface area contributed by atoms with E-state index in [-0.39, 0.29) is 12.3 Å². The van der Waals surface area contributed by atoms with Crippen LogP contribution in [0.5, 0.6) is 11.5 Å². The smallest absolute Gasteiger partial charge is 0.475 e. The van der Waals surface area contributed by atoms with Crippen LogP contribution in [0.4, 0.5) is 0 Å². The monoisotopic (exact) mass is 371 g/mol. The Hall–Kier alpha value is -2.51. The van der Waals surface area contributed by atoms with E-state index < -0.39 is 13.1 Å². The van der Waals surface area contributed by atoms with Crippen LogP contribution in [0.15, 0.2) is 36.4 Å². The second-order valence-electron chi connectivity index (χ2n) is 6.54. The topological polar surface area (TPSA) is 88.0 Å². The van der Waals surface area contributed by atoms with Gasteiger partial charge in [-0.3, -0.25) is 4.79 Å². The maximum absolute atomic E-state index is 12.5. The van der Waals surface area contributed by atoms with E-state index in [0.717, 1.165) is 16.7 Å². The van der Waals surface area contributed by atoms with Crippen LogP contribution in [0, 0.1) is 13.8 Å². The first-order valence-electron chi connectivity index (χ1n) is 8.77. The molecule has 0 spiro atoms. The second-order valence-corrected chi connectivity index (χ2v) is 6.54. The molecule has 0 aromatic heterocycles. The van der Waals surface area contributed by atoms with Crippen LogP contribution in [0.1, 0.15) is 22.3 Å². The van der Waals surface area contributed by atoms with Gasteiger partial charge in [-0.15, -0.1) is 0 Å². The van der Waals surface area contributed by atoms with E-state index in [2.05, 4.69) is 5.32 Å². The van der Waals surface area contributed by atoms with Crippen LogP contribution < -0.4 is 14.8 Å². The lowest BCUT2D eigenvalue weighted by atomic mass is 9.75. The minimum absolute atomic E-state index is 0.00326. The normalized spacial score (nSPS) is 11.6. The fourth-order valence-electron chi connectivity index (χ4n) is 3.06. The zero-order valence-corrected chi connectivity index (χ0v) is 16.2. The molecule has 0 saturated carbocycles. The van der Waals surface area contributed by atoms with Crippen molar-refractivity contribution in [1.29, 1.82) is 0 Å². The van der Waals surface area contributed by atoms with Gasteiger partial charge >= 0.3 is 7.12 Å². The fraction of sp³-hybridized carbons (Fsp3) is 0.350. The highest BCUT2D eigenvalue weighted by Gasteiger charge is 2.27. The molecular weight excluding hydrogens is 345 g/mol. The summed E-state index contributed by atoms with van der Waals surface area (Å²) in [5.74, 6) is -0.0831. The number of rotatable bonds is 8. The molecule has 0 bridgehead atoms. The summed E-state index contributed by atoms with van der Waals surface area (Å²) in [6.07, 6.45) is 0.321. The van der Waals surface area contributed by atoms with Crippen LogP contribution in [0.2, 0.25) is 0 Å². The summed E-state index contributed by atoms with van der Waals surface area (Å²) >= 11 is 0. The predicted molar refractivity (Wildman–Crippen MR) is 105 cm³/mol. The molecule has 0 heterocycles. The molecule has 0 aliphatic carbocycles. The van der Waals surface area contributed by atoms with Crippen LogP contribution >= 0.6 is 0 Å². The standard InChI is InChI=1S/C20H26BNO5/c1-13-8-9-15(14(2)10-13)11-19(21(24)25)22-20(23)12-16-17(26-3)6-5-7-18(16)27-4/h5-10,19,24-25H,11-12H2,1-4H3,(H,22,23). The maximum atomic E-state index is 12.5. The van der Waals surface area contributed by atoms with Crippen LogP contribution in [0.25, 0.3) is 0 Å². The second kappa shape index (κ2) is 9.44. The Kier molecular flexibility index (Phi) is 7.27. The number of benzene rings is 2. The van der Waals surface area contributed by atoms with Gasteiger partial charge in [-0.25, -0.2) is 0 Å². The van der Waals surface area contributed by atoms with Gasteiger partial charge in [0.05, 0.1) is 26.6 Å². The summed E-state index contributed by atoms with van der Waals surface area (Å²) in [6, 6.07) is 11.2. The van der Waals surface area contributed by atoms with Gasteiger partial charge in [0.2, 0.25) is 5.91 Å². The highest BCUT2D eigenvalue weighted by atomic mass is 16.5. The number of amides is 1. The molecule has 0 aliphatic rings. The Morgan fingerprint density at radius 3 is 2.26 bits per heavy atom. The van der Waals surface area contributed by atoms with E-state index in [1.807, 2.05) is 32.0 Å². The molecule has 2 aromatic carbocycles. The van der Waals surface area contributed by atoms with Crippen molar-refractivity contribution in [3.63, 3.8) is 0 Å². The largest absolute Gasteiger partial charge is 0.496 e. The molecule has 0 fully saturated rings. The van der Waals surface area contributed by atoms with Gasteiger partial charge in [0.15, 0.2) is 0 Å². The summed E-state index contributed by atoms with van der Waals surface area (Å²) in [4.78, 5) is 12.5. The first-order chi connectivity index (χ1) is 12.8. The van der Waals surface area contributed by atoms with Crippen molar-refractivity contribution in [3.8, 4) is 11.5 Å². The first kappa shape index (κ1) is 20.8. The lowest BCUT2D eigenvalue weighted by Gasteiger charge is -2.20. The van der Waals surface area contributed by atoms with Crippen molar-refractivity contribution in [2.24, 2.45) is 0 Å². The SMILES string of the molecule is COc1cccc(OC)c1CC(=O)NC(Cc1ccc(C)cc1C)B(O)O. The summed E-state index contributed by atoms with van der Waals surface area (Å²) in [6.45, 7) is 3.96. The molecule has 3 N–H and O–H groups in total. The van der Waals surface area contributed by atoms with Crippen molar-refractivity contribution in [1.82, 2.24) is 5.32 Å². The quantitative estimate of drug-likeness (QED) is 0.614. The summed E-state index contributed by atoms with van der Waals surface area (Å²) in [5.41, 5.74) is 3.73. The number of aryl methyl sites for hydroxylation is 2. The molecule has 0 saturated heterocycles. The number of ether oxygens (including phenoxy) is 2. The Bertz CT molecular complexity index is 772. The number of hydrogen-bond acceptors (Lipinski definition) is 5. The van der Waals surface area contributed by atoms with Crippen molar-refractivity contribution < 1.29 is 24.3 Å². The van der Waals surface area contributed by atoms with E-state index in [0.29, 0.717) is 23.5 Å². The number of carbonyl (C=O) groups is 1. The highest BCUT2D eigenvalue weighted by Crippen LogP contribution is 2.28. The number of carbonyl (C=O) groups excluding carboxylic acids is 1. The molecular formula is C20H26BNO5. The minimum atomic E-state index is -1.67. The van der Waals surface area contributed by atoms with Crippen molar-refractivity contribution in [3.05, 3.63) is 58.7 Å². The van der Waals surface area contributed by atoms with Crippen LogP contribution in [-0.4, -0.2) is 43.2 Å². The molecule has 2 aromatic rings. The lowest BCUT2D eigenvalue weighted by molar-refractivity contribution is -0.120. The Morgan fingerprint density at radius 1 is 1.11 bits per heavy atom. The Labute approximate surface area is 160 Å². The Morgan fingerprint density at radius 2 is 1.74 bits per heavy atom. The summed E-state index contributed by atoms with van der Waals surface area (Å²) in [7, 11) is 1.38. The molecule has 27 heavy (non-hydrogen) atoms. The highest BCUT2D eigenvalue weighted by molar-refractivity contribution is 6.43. The summed E-state index contributed by atoms with van der Waals surface area (Å²) < 4.78 is 10.6. The van der Waals surface area contributed by atoms with Crippen LogP contribution in [-0.2, 0) is 17.6 Å². The van der Waals surface area contributed by atoms with Gasteiger partial charge in [0.25, 0.3) is 0 Å². The molecule has 144 valence electrons. The van der Waals surface area contributed by atoms with E-state index in [9.17, 15) is 14.8 Å². The van der Waals surface area contributed by atoms with E-state index >= 15 is 0 Å².